The summed E-state index contributed by atoms with van der Waals surface area (Å²) >= 11 is 0. The molecule has 0 radical (unpaired) electrons. The molecule has 1 aliphatic heterocycles. The van der Waals surface area contributed by atoms with Gasteiger partial charge in [-0.05, 0) is 25.3 Å². The lowest BCUT2D eigenvalue weighted by Gasteiger charge is -2.18. The van der Waals surface area contributed by atoms with Crippen molar-refractivity contribution < 1.29 is 9.53 Å². The van der Waals surface area contributed by atoms with Gasteiger partial charge in [-0.1, -0.05) is 18.2 Å². The average Bonchev–Trinajstić information content (AvgIpc) is 2.42. The van der Waals surface area contributed by atoms with E-state index in [-0.39, 0.29) is 11.9 Å². The Morgan fingerprint density at radius 2 is 2.31 bits per heavy atom. The summed E-state index contributed by atoms with van der Waals surface area (Å²) in [6.45, 7) is 4.32. The molecule has 0 bridgehead atoms. The molecule has 1 aliphatic rings. The molecule has 1 aromatic carbocycles. The Bertz CT molecular complexity index is 401. The van der Waals surface area contributed by atoms with E-state index in [0.29, 0.717) is 0 Å². The summed E-state index contributed by atoms with van der Waals surface area (Å²) in [7, 11) is 0. The minimum absolute atomic E-state index is 0.0133. The van der Waals surface area contributed by atoms with E-state index in [1.165, 1.54) is 0 Å². The van der Waals surface area contributed by atoms with Crippen molar-refractivity contribution in [2.45, 2.75) is 32.7 Å². The molecule has 1 aromatic rings. The fourth-order valence-corrected chi connectivity index (χ4v) is 2.16. The number of carbonyl (C=O) groups excluding carboxylic acids is 1. The first-order chi connectivity index (χ1) is 7.68. The van der Waals surface area contributed by atoms with Crippen molar-refractivity contribution in [3.63, 3.8) is 0 Å². The third-order valence-electron chi connectivity index (χ3n) is 2.88. The SMILES string of the molecule is CC(=O)NC1CCCOc2c(C)cccc21. The van der Waals surface area contributed by atoms with Crippen LogP contribution in [0, 0.1) is 6.92 Å². The molecule has 0 saturated heterocycles. The molecule has 0 saturated carbocycles. The Hall–Kier alpha value is -1.51. The van der Waals surface area contributed by atoms with Gasteiger partial charge in [-0.2, -0.15) is 0 Å². The molecule has 16 heavy (non-hydrogen) atoms. The highest BCUT2D eigenvalue weighted by molar-refractivity contribution is 5.73. The molecule has 2 rings (SSSR count). The van der Waals surface area contributed by atoms with Gasteiger partial charge in [0.2, 0.25) is 5.91 Å². The minimum Gasteiger partial charge on any atom is -0.493 e. The molecule has 1 amide bonds. The van der Waals surface area contributed by atoms with Crippen LogP contribution in [0.3, 0.4) is 0 Å². The quantitative estimate of drug-likeness (QED) is 0.787. The van der Waals surface area contributed by atoms with Crippen LogP contribution >= 0.6 is 0 Å². The van der Waals surface area contributed by atoms with E-state index in [0.717, 1.165) is 36.3 Å². The van der Waals surface area contributed by atoms with E-state index >= 15 is 0 Å². The molecule has 1 atom stereocenters. The lowest BCUT2D eigenvalue weighted by atomic mass is 10.00. The molecule has 0 aromatic heterocycles. The second-order valence-electron chi connectivity index (χ2n) is 4.24. The first-order valence-electron chi connectivity index (χ1n) is 5.68. The summed E-state index contributed by atoms with van der Waals surface area (Å²) in [5.74, 6) is 0.957. The smallest absolute Gasteiger partial charge is 0.217 e. The topological polar surface area (TPSA) is 38.3 Å². The number of aryl methyl sites for hydroxylation is 1. The van der Waals surface area contributed by atoms with Crippen molar-refractivity contribution in [2.24, 2.45) is 0 Å². The predicted octanol–water partition coefficient (Wildman–Crippen LogP) is 2.34. The number of rotatable bonds is 1. The van der Waals surface area contributed by atoms with Gasteiger partial charge >= 0.3 is 0 Å². The van der Waals surface area contributed by atoms with Crippen LogP contribution in [0.5, 0.6) is 5.75 Å². The van der Waals surface area contributed by atoms with Gasteiger partial charge in [0, 0.05) is 12.5 Å². The highest BCUT2D eigenvalue weighted by Crippen LogP contribution is 2.33. The fourth-order valence-electron chi connectivity index (χ4n) is 2.16. The fraction of sp³-hybridized carbons (Fsp3) is 0.462. The van der Waals surface area contributed by atoms with Crippen LogP contribution in [0.25, 0.3) is 0 Å². The van der Waals surface area contributed by atoms with Crippen LogP contribution in [0.4, 0.5) is 0 Å². The van der Waals surface area contributed by atoms with Crippen LogP contribution in [-0.4, -0.2) is 12.5 Å². The Morgan fingerprint density at radius 1 is 1.50 bits per heavy atom. The average molecular weight is 219 g/mol. The Kier molecular flexibility index (Phi) is 3.13. The molecule has 0 fully saturated rings. The van der Waals surface area contributed by atoms with Crippen molar-refractivity contribution in [3.8, 4) is 5.75 Å². The summed E-state index contributed by atoms with van der Waals surface area (Å²) in [5, 5.41) is 2.99. The van der Waals surface area contributed by atoms with Crippen molar-refractivity contribution in [3.05, 3.63) is 29.3 Å². The normalized spacial score (nSPS) is 19.2. The zero-order valence-electron chi connectivity index (χ0n) is 9.75. The first kappa shape index (κ1) is 11.0. The van der Waals surface area contributed by atoms with E-state index in [4.69, 9.17) is 4.74 Å². The number of hydrogen-bond donors (Lipinski definition) is 1. The maximum atomic E-state index is 11.2. The summed E-state index contributed by atoms with van der Waals surface area (Å²) in [6.07, 6.45) is 1.91. The number of carbonyl (C=O) groups is 1. The van der Waals surface area contributed by atoms with Crippen LogP contribution < -0.4 is 10.1 Å². The predicted molar refractivity (Wildman–Crippen MR) is 62.5 cm³/mol. The highest BCUT2D eigenvalue weighted by Gasteiger charge is 2.21. The van der Waals surface area contributed by atoms with Gasteiger partial charge in [0.1, 0.15) is 5.75 Å². The van der Waals surface area contributed by atoms with Gasteiger partial charge in [0.25, 0.3) is 0 Å². The number of benzene rings is 1. The molecule has 3 nitrogen and oxygen atoms in total. The van der Waals surface area contributed by atoms with Crippen molar-refractivity contribution in [1.29, 1.82) is 0 Å². The van der Waals surface area contributed by atoms with Crippen LogP contribution in [0.2, 0.25) is 0 Å². The number of para-hydroxylation sites is 1. The van der Waals surface area contributed by atoms with Gasteiger partial charge in [-0.15, -0.1) is 0 Å². The van der Waals surface area contributed by atoms with Crippen LogP contribution in [-0.2, 0) is 4.79 Å². The van der Waals surface area contributed by atoms with Gasteiger partial charge in [0.05, 0.1) is 12.6 Å². The summed E-state index contributed by atoms with van der Waals surface area (Å²) in [6, 6.07) is 6.18. The number of hydrogen-bond acceptors (Lipinski definition) is 2. The Balaban J connectivity index is 2.36. The molecule has 86 valence electrons. The Labute approximate surface area is 95.8 Å². The molecular weight excluding hydrogens is 202 g/mol. The van der Waals surface area contributed by atoms with Crippen molar-refractivity contribution >= 4 is 5.91 Å². The number of ether oxygens (including phenoxy) is 1. The lowest BCUT2D eigenvalue weighted by molar-refractivity contribution is -0.119. The molecule has 1 heterocycles. The largest absolute Gasteiger partial charge is 0.493 e. The van der Waals surface area contributed by atoms with Crippen LogP contribution in [0.15, 0.2) is 18.2 Å². The van der Waals surface area contributed by atoms with Gasteiger partial charge in [-0.25, -0.2) is 0 Å². The zero-order chi connectivity index (χ0) is 11.5. The molecular formula is C13H17NO2. The van der Waals surface area contributed by atoms with Gasteiger partial charge in [-0.3, -0.25) is 4.79 Å². The molecule has 0 spiro atoms. The van der Waals surface area contributed by atoms with E-state index in [2.05, 4.69) is 5.32 Å². The third-order valence-corrected chi connectivity index (χ3v) is 2.88. The molecule has 1 N–H and O–H groups in total. The molecule has 1 unspecified atom stereocenters. The van der Waals surface area contributed by atoms with Crippen molar-refractivity contribution in [2.75, 3.05) is 6.61 Å². The molecule has 0 aliphatic carbocycles. The third kappa shape index (κ3) is 2.18. The van der Waals surface area contributed by atoms with E-state index < -0.39 is 0 Å². The summed E-state index contributed by atoms with van der Waals surface area (Å²) in [4.78, 5) is 11.2. The maximum absolute atomic E-state index is 11.2. The minimum atomic E-state index is 0.0133. The van der Waals surface area contributed by atoms with E-state index in [1.54, 1.807) is 6.92 Å². The first-order valence-corrected chi connectivity index (χ1v) is 5.68. The maximum Gasteiger partial charge on any atom is 0.217 e. The van der Waals surface area contributed by atoms with Gasteiger partial charge < -0.3 is 10.1 Å². The standard InChI is InChI=1S/C13H17NO2/c1-9-5-3-6-11-12(14-10(2)15)7-4-8-16-13(9)11/h3,5-6,12H,4,7-8H2,1-2H3,(H,14,15). The summed E-state index contributed by atoms with van der Waals surface area (Å²) in [5.41, 5.74) is 2.24. The van der Waals surface area contributed by atoms with Crippen LogP contribution in [0.1, 0.15) is 36.9 Å². The summed E-state index contributed by atoms with van der Waals surface area (Å²) < 4.78 is 5.74. The van der Waals surface area contributed by atoms with Gasteiger partial charge in [0.15, 0.2) is 0 Å². The Morgan fingerprint density at radius 3 is 3.06 bits per heavy atom. The molecule has 3 heteroatoms. The number of nitrogens with one attached hydrogen (secondary N) is 1. The van der Waals surface area contributed by atoms with E-state index in [1.807, 2.05) is 25.1 Å². The second-order valence-corrected chi connectivity index (χ2v) is 4.24. The second kappa shape index (κ2) is 4.56. The number of fused-ring (bicyclic) bond motifs is 1. The zero-order valence-corrected chi connectivity index (χ0v) is 9.75. The van der Waals surface area contributed by atoms with E-state index in [9.17, 15) is 4.79 Å². The number of amides is 1. The highest BCUT2D eigenvalue weighted by atomic mass is 16.5. The lowest BCUT2D eigenvalue weighted by Crippen LogP contribution is -2.25. The monoisotopic (exact) mass is 219 g/mol. The van der Waals surface area contributed by atoms with Crippen molar-refractivity contribution in [1.82, 2.24) is 5.32 Å².